The smallest absolute Gasteiger partial charge is 0.161 e. The zero-order valence-electron chi connectivity index (χ0n) is 18.8. The monoisotopic (exact) mass is 415 g/mol. The van der Waals surface area contributed by atoms with Gasteiger partial charge in [-0.05, 0) is 65.2 Å². The van der Waals surface area contributed by atoms with Crippen LogP contribution in [0.1, 0.15) is 49.9 Å². The minimum absolute atomic E-state index is 0.102. The highest BCUT2D eigenvalue weighted by molar-refractivity contribution is 6.08. The molecule has 1 aromatic carbocycles. The van der Waals surface area contributed by atoms with E-state index in [2.05, 4.69) is 21.7 Å². The first kappa shape index (κ1) is 22.8. The van der Waals surface area contributed by atoms with E-state index in [0.29, 0.717) is 6.10 Å². The highest BCUT2D eigenvalue weighted by Gasteiger charge is 2.16. The molecule has 30 heavy (non-hydrogen) atoms. The minimum atomic E-state index is 0.102. The van der Waals surface area contributed by atoms with Gasteiger partial charge in [0.15, 0.2) is 5.78 Å². The summed E-state index contributed by atoms with van der Waals surface area (Å²) in [6, 6.07) is 5.91. The van der Waals surface area contributed by atoms with Crippen molar-refractivity contribution in [2.75, 3.05) is 46.4 Å². The Bertz CT molecular complexity index is 803. The topological polar surface area (TPSA) is 55.7 Å². The van der Waals surface area contributed by atoms with Gasteiger partial charge >= 0.3 is 0 Å². The molecule has 6 heteroatoms. The Morgan fingerprint density at radius 1 is 1.23 bits per heavy atom. The molecule has 2 fully saturated rings. The number of aromatic nitrogens is 1. The van der Waals surface area contributed by atoms with Crippen molar-refractivity contribution >= 4 is 16.7 Å². The van der Waals surface area contributed by atoms with Crippen LogP contribution >= 0.6 is 0 Å². The maximum Gasteiger partial charge on any atom is 0.161 e. The average Bonchev–Trinajstić information content (AvgIpc) is 3.28. The average molecular weight is 416 g/mol. The van der Waals surface area contributed by atoms with Crippen molar-refractivity contribution in [3.05, 3.63) is 30.0 Å². The zero-order valence-corrected chi connectivity index (χ0v) is 18.8. The second-order valence-electron chi connectivity index (χ2n) is 8.27. The molecule has 0 radical (unpaired) electrons. The van der Waals surface area contributed by atoms with E-state index in [4.69, 9.17) is 9.47 Å². The number of ketones is 1. The van der Waals surface area contributed by atoms with Gasteiger partial charge in [-0.25, -0.2) is 0 Å². The predicted octanol–water partition coefficient (Wildman–Crippen LogP) is 3.72. The van der Waals surface area contributed by atoms with Gasteiger partial charge in [-0.15, -0.1) is 0 Å². The second-order valence-corrected chi connectivity index (χ2v) is 8.27. The number of para-hydroxylation sites is 1. The molecule has 0 saturated carbocycles. The fraction of sp³-hybridized carbons (Fsp3) is 0.625. The zero-order chi connectivity index (χ0) is 21.3. The number of nitrogens with one attached hydrogen (secondary N) is 1. The van der Waals surface area contributed by atoms with Crippen LogP contribution in [-0.4, -0.2) is 67.8 Å². The van der Waals surface area contributed by atoms with Crippen LogP contribution < -0.4 is 10.1 Å². The molecule has 0 spiro atoms. The Labute approximate surface area is 180 Å². The molecule has 2 aliphatic rings. The van der Waals surface area contributed by atoms with Gasteiger partial charge in [-0.1, -0.05) is 12.1 Å². The van der Waals surface area contributed by atoms with E-state index in [1.54, 1.807) is 14.0 Å². The molecule has 0 aliphatic carbocycles. The molecule has 2 aromatic rings. The summed E-state index contributed by atoms with van der Waals surface area (Å²) in [5.74, 6) is 0.935. The van der Waals surface area contributed by atoms with Crippen LogP contribution in [0.2, 0.25) is 0 Å². The molecule has 3 heterocycles. The van der Waals surface area contributed by atoms with E-state index < -0.39 is 0 Å². The van der Waals surface area contributed by atoms with Crippen LogP contribution in [0.15, 0.2) is 24.4 Å². The predicted molar refractivity (Wildman–Crippen MR) is 122 cm³/mol. The summed E-state index contributed by atoms with van der Waals surface area (Å²) < 4.78 is 12.9. The molecule has 166 valence electrons. The normalized spacial score (nSPS) is 19.9. The van der Waals surface area contributed by atoms with Crippen LogP contribution in [0.3, 0.4) is 0 Å². The van der Waals surface area contributed by atoms with Crippen LogP contribution in [0, 0.1) is 0 Å². The molecule has 0 amide bonds. The fourth-order valence-corrected chi connectivity index (χ4v) is 4.28. The van der Waals surface area contributed by atoms with E-state index in [1.807, 2.05) is 24.4 Å². The molecule has 1 atom stereocenters. The Morgan fingerprint density at radius 3 is 2.77 bits per heavy atom. The summed E-state index contributed by atoms with van der Waals surface area (Å²) in [5.41, 5.74) is 1.81. The van der Waals surface area contributed by atoms with Crippen molar-refractivity contribution in [1.82, 2.24) is 14.8 Å². The number of hydrogen-bond acceptors (Lipinski definition) is 5. The number of rotatable bonds is 6. The van der Waals surface area contributed by atoms with Crippen molar-refractivity contribution in [3.63, 3.8) is 0 Å². The Balaban J connectivity index is 0.000000367. The van der Waals surface area contributed by atoms with Crippen LogP contribution in [0.25, 0.3) is 10.9 Å². The third kappa shape index (κ3) is 6.06. The standard InChI is InChI=1S/C19H27N3O2.C5H10O/c1-15(23)17-14-22(19-16(17)6-3-7-18(19)24-2)12-5-11-21-10-4-8-20-9-13-21;1-5-3-2-4-6-5/h3,6-7,14,20H,4-5,8-13H2,1-2H3;5H,2-4H2,1H3. The number of ether oxygens (including phenoxy) is 2. The SMILES string of the molecule is CC1CCCO1.COc1cccc2c(C(C)=O)cn(CCCN3CCCNCC3)c12. The summed E-state index contributed by atoms with van der Waals surface area (Å²) in [7, 11) is 1.68. The van der Waals surface area contributed by atoms with Gasteiger partial charge in [0.05, 0.1) is 18.7 Å². The number of Topliss-reactive ketones (excluding diaryl/α,β-unsaturated/α-hetero) is 1. The summed E-state index contributed by atoms with van der Waals surface area (Å²) in [4.78, 5) is 14.5. The van der Waals surface area contributed by atoms with Gasteiger partial charge in [0, 0.05) is 43.4 Å². The number of fused-ring (bicyclic) bond motifs is 1. The second kappa shape index (κ2) is 11.5. The fourth-order valence-electron chi connectivity index (χ4n) is 4.28. The molecule has 1 unspecified atom stereocenters. The van der Waals surface area contributed by atoms with Crippen molar-refractivity contribution < 1.29 is 14.3 Å². The number of benzene rings is 1. The maximum absolute atomic E-state index is 12.0. The van der Waals surface area contributed by atoms with E-state index in [1.165, 1.54) is 25.8 Å². The number of carbonyl (C=O) groups excluding carboxylic acids is 1. The van der Waals surface area contributed by atoms with Crippen LogP contribution in [-0.2, 0) is 11.3 Å². The van der Waals surface area contributed by atoms with Gasteiger partial charge in [-0.3, -0.25) is 4.79 Å². The molecular weight excluding hydrogens is 378 g/mol. The maximum atomic E-state index is 12.0. The van der Waals surface area contributed by atoms with Gasteiger partial charge in [0.2, 0.25) is 0 Å². The van der Waals surface area contributed by atoms with Crippen molar-refractivity contribution in [1.29, 1.82) is 0 Å². The lowest BCUT2D eigenvalue weighted by Crippen LogP contribution is -2.29. The van der Waals surface area contributed by atoms with Gasteiger partial charge in [0.1, 0.15) is 5.75 Å². The number of nitrogens with zero attached hydrogens (tertiary/aromatic N) is 2. The third-order valence-electron chi connectivity index (χ3n) is 5.92. The van der Waals surface area contributed by atoms with E-state index in [-0.39, 0.29) is 5.78 Å². The molecule has 6 nitrogen and oxygen atoms in total. The van der Waals surface area contributed by atoms with Crippen molar-refractivity contribution in [2.45, 2.75) is 52.2 Å². The molecular formula is C24H37N3O3. The van der Waals surface area contributed by atoms with Crippen molar-refractivity contribution in [3.8, 4) is 5.75 Å². The lowest BCUT2D eigenvalue weighted by molar-refractivity contribution is 0.101. The summed E-state index contributed by atoms with van der Waals surface area (Å²) in [5, 5.41) is 4.43. The highest BCUT2D eigenvalue weighted by Crippen LogP contribution is 2.30. The molecule has 4 rings (SSSR count). The van der Waals surface area contributed by atoms with E-state index >= 15 is 0 Å². The molecule has 1 aromatic heterocycles. The van der Waals surface area contributed by atoms with Gasteiger partial charge < -0.3 is 24.3 Å². The number of hydrogen-bond donors (Lipinski definition) is 1. The Morgan fingerprint density at radius 2 is 2.10 bits per heavy atom. The minimum Gasteiger partial charge on any atom is -0.495 e. The first-order valence-electron chi connectivity index (χ1n) is 11.3. The summed E-state index contributed by atoms with van der Waals surface area (Å²) in [6.45, 7) is 11.2. The van der Waals surface area contributed by atoms with E-state index in [0.717, 1.165) is 68.0 Å². The Hall–Kier alpha value is -1.89. The molecule has 1 N–H and O–H groups in total. The molecule has 2 saturated heterocycles. The van der Waals surface area contributed by atoms with Gasteiger partial charge in [0.25, 0.3) is 0 Å². The van der Waals surface area contributed by atoms with Gasteiger partial charge in [-0.2, -0.15) is 0 Å². The van der Waals surface area contributed by atoms with Crippen LogP contribution in [0.4, 0.5) is 0 Å². The summed E-state index contributed by atoms with van der Waals surface area (Å²) in [6.07, 6.45) is 7.35. The van der Waals surface area contributed by atoms with E-state index in [9.17, 15) is 4.79 Å². The number of aryl methyl sites for hydroxylation is 1. The Kier molecular flexibility index (Phi) is 8.73. The third-order valence-corrected chi connectivity index (χ3v) is 5.92. The quantitative estimate of drug-likeness (QED) is 0.729. The first-order valence-corrected chi connectivity index (χ1v) is 11.3. The molecule has 0 bridgehead atoms. The highest BCUT2D eigenvalue weighted by atomic mass is 16.5. The largest absolute Gasteiger partial charge is 0.495 e. The van der Waals surface area contributed by atoms with Crippen molar-refractivity contribution in [2.24, 2.45) is 0 Å². The number of carbonyl (C=O) groups is 1. The lowest BCUT2D eigenvalue weighted by atomic mass is 10.1. The first-order chi connectivity index (χ1) is 14.6. The number of methoxy groups -OCH3 is 1. The molecule has 2 aliphatic heterocycles. The van der Waals surface area contributed by atoms with Crippen LogP contribution in [0.5, 0.6) is 5.75 Å². The lowest BCUT2D eigenvalue weighted by Gasteiger charge is -2.19. The summed E-state index contributed by atoms with van der Waals surface area (Å²) >= 11 is 0.